The average molecular weight is 735 g/mol. The molecular formula is C37H41Cl2Hf-3. The van der Waals surface area contributed by atoms with Crippen LogP contribution in [-0.2, 0) is 36.7 Å². The fourth-order valence-electron chi connectivity index (χ4n) is 6.09. The van der Waals surface area contributed by atoms with E-state index in [2.05, 4.69) is 130 Å². The van der Waals surface area contributed by atoms with Gasteiger partial charge in [0.2, 0.25) is 0 Å². The molecule has 0 heterocycles. The molecule has 5 rings (SSSR count). The Morgan fingerprint density at radius 3 is 2.00 bits per heavy atom. The molecule has 40 heavy (non-hydrogen) atoms. The number of hydrogen-bond acceptors (Lipinski definition) is 0. The third-order valence-electron chi connectivity index (χ3n) is 7.96. The Kier molecular flexibility index (Phi) is 10.6. The van der Waals surface area contributed by atoms with Crippen LogP contribution in [0.1, 0.15) is 101 Å². The van der Waals surface area contributed by atoms with Gasteiger partial charge in [0.05, 0.1) is 0 Å². The van der Waals surface area contributed by atoms with Gasteiger partial charge < -0.3 is 24.8 Å². The van der Waals surface area contributed by atoms with Gasteiger partial charge in [-0.1, -0.05) is 123 Å². The van der Waals surface area contributed by atoms with Gasteiger partial charge in [-0.15, -0.1) is 34.1 Å². The third-order valence-corrected chi connectivity index (χ3v) is 7.96. The van der Waals surface area contributed by atoms with Crippen molar-refractivity contribution in [3.05, 3.63) is 104 Å². The number of halogens is 2. The van der Waals surface area contributed by atoms with Gasteiger partial charge in [-0.2, -0.15) is 0 Å². The molecule has 0 aromatic heterocycles. The summed E-state index contributed by atoms with van der Waals surface area (Å²) in [6, 6.07) is 16.3. The Bertz CT molecular complexity index is 1630. The smallest absolute Gasteiger partial charge is 0 e. The predicted molar refractivity (Wildman–Crippen MR) is 162 cm³/mol. The monoisotopic (exact) mass is 735 g/mol. The van der Waals surface area contributed by atoms with Crippen LogP contribution in [0.15, 0.2) is 54.6 Å². The zero-order valence-corrected chi connectivity index (χ0v) is 30.8. The quantitative estimate of drug-likeness (QED) is 0.220. The summed E-state index contributed by atoms with van der Waals surface area (Å²) < 4.78 is 0. The van der Waals surface area contributed by atoms with Crippen LogP contribution in [0.3, 0.4) is 0 Å². The summed E-state index contributed by atoms with van der Waals surface area (Å²) in [7, 11) is 0. The molecule has 2 aliphatic rings. The van der Waals surface area contributed by atoms with Gasteiger partial charge in [0.1, 0.15) is 0 Å². The molecule has 0 unspecified atom stereocenters. The maximum absolute atomic E-state index is 3.94. The van der Waals surface area contributed by atoms with E-state index in [-0.39, 0.29) is 61.5 Å². The topological polar surface area (TPSA) is 0 Å². The maximum Gasteiger partial charge on any atom is 0 e. The van der Waals surface area contributed by atoms with Gasteiger partial charge in [0.25, 0.3) is 0 Å². The van der Waals surface area contributed by atoms with Crippen LogP contribution in [0.25, 0.3) is 33.9 Å². The molecule has 0 N–H and O–H groups in total. The Hall–Kier alpha value is -1.67. The van der Waals surface area contributed by atoms with Crippen molar-refractivity contribution >= 4 is 22.8 Å². The first-order chi connectivity index (χ1) is 17.3. The molecule has 0 saturated heterocycles. The molecule has 3 aromatic rings. The SMILES string of the molecule is CC(C)=c1cc2c(c(C3=C(c4ccc(C)cc4C)C=CC3)c1C(C)(C)C)=[C-]c1cc(C(C)(C)C)ccc1-2.[Cl-].[Cl-].[Hf]. The summed E-state index contributed by atoms with van der Waals surface area (Å²) in [4.78, 5) is 0. The molecule has 0 saturated carbocycles. The van der Waals surface area contributed by atoms with E-state index in [0.717, 1.165) is 6.42 Å². The molecule has 0 spiro atoms. The Morgan fingerprint density at radius 2 is 1.43 bits per heavy atom. The first-order valence-electron chi connectivity index (χ1n) is 13.7. The molecule has 0 nitrogen and oxygen atoms in total. The number of allylic oxidation sites excluding steroid dienone is 4. The first-order valence-corrected chi connectivity index (χ1v) is 13.7. The molecule has 0 bridgehead atoms. The molecule has 3 heteroatoms. The summed E-state index contributed by atoms with van der Waals surface area (Å²) in [6.45, 7) is 22.9. The fraction of sp³-hybridized carbons (Fsp3) is 0.351. The second-order valence-electron chi connectivity index (χ2n) is 13.3. The zero-order valence-electron chi connectivity index (χ0n) is 25.7. The molecular weight excluding hydrogens is 694 g/mol. The Morgan fingerprint density at radius 1 is 0.775 bits per heavy atom. The van der Waals surface area contributed by atoms with Crippen LogP contribution in [0.2, 0.25) is 0 Å². The largest absolute Gasteiger partial charge is 1.00 e. The van der Waals surface area contributed by atoms with E-state index in [1.54, 1.807) is 0 Å². The van der Waals surface area contributed by atoms with Crippen LogP contribution in [-0.4, -0.2) is 0 Å². The summed E-state index contributed by atoms with van der Waals surface area (Å²) in [5, 5.41) is 2.66. The number of benzene rings is 3. The normalized spacial score (nSPS) is 13.6. The van der Waals surface area contributed by atoms with Gasteiger partial charge in [0.15, 0.2) is 0 Å². The van der Waals surface area contributed by atoms with Gasteiger partial charge in [-0.05, 0) is 66.9 Å². The summed E-state index contributed by atoms with van der Waals surface area (Å²) in [5.74, 6) is 0. The van der Waals surface area contributed by atoms with Gasteiger partial charge in [0, 0.05) is 25.8 Å². The Balaban J connectivity index is 0.00000187. The molecule has 2 aliphatic carbocycles. The predicted octanol–water partition coefficient (Wildman–Crippen LogP) is 2.65. The standard InChI is InChI=1S/C37H41.2ClH.Hf/c1-22(2)31-21-32-28-17-15-26(36(5,6)7)19-25(28)20-33(32)34(35(31)37(8,9)10)30-13-11-12-29(30)27-16-14-23(3)18-24(27)4;;;/h11-12,14-19,21H,13H2,1-10H3;2*1H;/q-1;;;/p-2. The minimum atomic E-state index is -0.00693. The number of rotatable bonds is 2. The molecule has 0 amide bonds. The molecule has 3 aromatic carbocycles. The Labute approximate surface area is 273 Å². The van der Waals surface area contributed by atoms with Crippen molar-refractivity contribution < 1.29 is 50.7 Å². The molecule has 0 fully saturated rings. The summed E-state index contributed by atoms with van der Waals surface area (Å²) in [5.41, 5.74) is 16.3. The number of fused-ring (bicyclic) bond motifs is 3. The van der Waals surface area contributed by atoms with E-state index >= 15 is 0 Å². The zero-order chi connectivity index (χ0) is 26.9. The third kappa shape index (κ3) is 6.08. The average Bonchev–Trinajstić information content (AvgIpc) is 3.40. The summed E-state index contributed by atoms with van der Waals surface area (Å²) in [6.07, 6.45) is 9.59. The number of aryl methyl sites for hydroxylation is 2. The van der Waals surface area contributed by atoms with Crippen LogP contribution >= 0.6 is 0 Å². The maximum atomic E-state index is 3.94. The first kappa shape index (κ1) is 34.5. The second-order valence-corrected chi connectivity index (χ2v) is 13.3. The van der Waals surface area contributed by atoms with Gasteiger partial charge >= 0.3 is 0 Å². The van der Waals surface area contributed by atoms with Gasteiger partial charge in [-0.25, -0.2) is 0 Å². The summed E-state index contributed by atoms with van der Waals surface area (Å²) >= 11 is 0. The minimum absolute atomic E-state index is 0. The second kappa shape index (κ2) is 12.3. The van der Waals surface area contributed by atoms with Crippen LogP contribution in [0.4, 0.5) is 0 Å². The van der Waals surface area contributed by atoms with Crippen molar-refractivity contribution in [2.24, 2.45) is 0 Å². The molecule has 0 radical (unpaired) electrons. The van der Waals surface area contributed by atoms with Crippen LogP contribution in [0.5, 0.6) is 0 Å². The van der Waals surface area contributed by atoms with Crippen molar-refractivity contribution in [2.45, 2.75) is 86.5 Å². The fourth-order valence-corrected chi connectivity index (χ4v) is 6.09. The van der Waals surface area contributed by atoms with Crippen molar-refractivity contribution in [3.63, 3.8) is 0 Å². The van der Waals surface area contributed by atoms with Crippen LogP contribution in [0, 0.1) is 13.8 Å². The van der Waals surface area contributed by atoms with E-state index in [1.165, 1.54) is 77.2 Å². The molecule has 0 atom stereocenters. The van der Waals surface area contributed by atoms with E-state index in [1.807, 2.05) is 0 Å². The molecule has 210 valence electrons. The van der Waals surface area contributed by atoms with Crippen molar-refractivity contribution in [2.75, 3.05) is 0 Å². The van der Waals surface area contributed by atoms with Crippen molar-refractivity contribution in [1.82, 2.24) is 0 Å². The molecule has 0 aliphatic heterocycles. The van der Waals surface area contributed by atoms with E-state index in [0.29, 0.717) is 0 Å². The van der Waals surface area contributed by atoms with Crippen LogP contribution < -0.4 is 35.3 Å². The van der Waals surface area contributed by atoms with E-state index < -0.39 is 0 Å². The van der Waals surface area contributed by atoms with E-state index in [4.69, 9.17) is 0 Å². The van der Waals surface area contributed by atoms with Crippen molar-refractivity contribution in [3.8, 4) is 11.1 Å². The van der Waals surface area contributed by atoms with E-state index in [9.17, 15) is 0 Å². The van der Waals surface area contributed by atoms with Crippen molar-refractivity contribution in [1.29, 1.82) is 0 Å². The van der Waals surface area contributed by atoms with Gasteiger partial charge in [-0.3, -0.25) is 0 Å². The number of hydrogen-bond donors (Lipinski definition) is 0. The minimum Gasteiger partial charge on any atom is -1.00 e.